The van der Waals surface area contributed by atoms with Crippen molar-refractivity contribution in [2.45, 2.75) is 45.6 Å². The quantitative estimate of drug-likeness (QED) is 0.695. The molecule has 1 saturated carbocycles. The van der Waals surface area contributed by atoms with E-state index in [0.717, 1.165) is 32.1 Å². The topological polar surface area (TPSA) is 44.4 Å². The molecule has 4 nitrogen and oxygen atoms in total. The number of carbonyl (C=O) groups is 1. The maximum atomic E-state index is 12.0. The summed E-state index contributed by atoms with van der Waals surface area (Å²) in [7, 11) is 0. The first-order valence-electron chi connectivity index (χ1n) is 7.86. The van der Waals surface area contributed by atoms with E-state index in [9.17, 15) is 4.79 Å². The average Bonchev–Trinajstić information content (AvgIpc) is 3.03. The zero-order chi connectivity index (χ0) is 13.7. The van der Waals surface area contributed by atoms with E-state index in [1.54, 1.807) is 0 Å². The van der Waals surface area contributed by atoms with Gasteiger partial charge in [-0.1, -0.05) is 13.8 Å². The number of rotatable bonds is 8. The molecule has 1 aliphatic carbocycles. The molecule has 1 unspecified atom stereocenters. The van der Waals surface area contributed by atoms with E-state index in [0.29, 0.717) is 18.5 Å². The fraction of sp³-hybridized carbons (Fsp3) is 0.933. The predicted molar refractivity (Wildman–Crippen MR) is 78.0 cm³/mol. The highest BCUT2D eigenvalue weighted by Gasteiger charge is 2.23. The van der Waals surface area contributed by atoms with Crippen molar-refractivity contribution in [2.24, 2.45) is 11.8 Å². The Bertz CT molecular complexity index is 283. The third-order valence-electron chi connectivity index (χ3n) is 3.92. The van der Waals surface area contributed by atoms with Crippen LogP contribution in [-0.2, 0) is 4.79 Å². The molecule has 0 bridgehead atoms. The van der Waals surface area contributed by atoms with E-state index in [1.807, 2.05) is 0 Å². The first-order valence-corrected chi connectivity index (χ1v) is 7.86. The van der Waals surface area contributed by atoms with Crippen molar-refractivity contribution in [3.8, 4) is 0 Å². The fourth-order valence-electron chi connectivity index (χ4n) is 2.78. The van der Waals surface area contributed by atoms with Gasteiger partial charge in [0.15, 0.2) is 0 Å². The molecule has 1 amide bonds. The zero-order valence-corrected chi connectivity index (χ0v) is 12.5. The Morgan fingerprint density at radius 2 is 2.16 bits per heavy atom. The molecule has 1 heterocycles. The van der Waals surface area contributed by atoms with Gasteiger partial charge in [0.05, 0.1) is 6.54 Å². The zero-order valence-electron chi connectivity index (χ0n) is 12.5. The van der Waals surface area contributed by atoms with Crippen molar-refractivity contribution in [3.05, 3.63) is 0 Å². The molecule has 2 aliphatic rings. The van der Waals surface area contributed by atoms with Crippen molar-refractivity contribution < 1.29 is 4.79 Å². The lowest BCUT2D eigenvalue weighted by Crippen LogP contribution is -2.44. The molecule has 2 fully saturated rings. The minimum absolute atomic E-state index is 0.200. The van der Waals surface area contributed by atoms with Crippen LogP contribution in [0.2, 0.25) is 0 Å². The van der Waals surface area contributed by atoms with E-state index < -0.39 is 0 Å². The summed E-state index contributed by atoms with van der Waals surface area (Å²) >= 11 is 0. The molecule has 2 rings (SSSR count). The average molecular weight is 267 g/mol. The fourth-order valence-corrected chi connectivity index (χ4v) is 2.78. The lowest BCUT2D eigenvalue weighted by molar-refractivity contribution is -0.122. The molecular formula is C15H29N3O. The standard InChI is InChI=1S/C15H29N3O/c1-12(2)9-18(10-14-4-3-7-16-14)11-15(19)17-8-13-5-6-13/h12-14,16H,3-11H2,1-2H3,(H,17,19). The Labute approximate surface area is 117 Å². The number of nitrogens with one attached hydrogen (secondary N) is 2. The number of carbonyl (C=O) groups excluding carboxylic acids is 1. The largest absolute Gasteiger partial charge is 0.355 e. The van der Waals surface area contributed by atoms with E-state index in [4.69, 9.17) is 0 Å². The Hall–Kier alpha value is -0.610. The molecule has 1 saturated heterocycles. The lowest BCUT2D eigenvalue weighted by Gasteiger charge is -2.26. The SMILES string of the molecule is CC(C)CN(CC(=O)NCC1CC1)CC1CCCN1. The van der Waals surface area contributed by atoms with Gasteiger partial charge in [-0.25, -0.2) is 0 Å². The molecule has 0 aromatic heterocycles. The van der Waals surface area contributed by atoms with Crippen molar-refractivity contribution >= 4 is 5.91 Å². The van der Waals surface area contributed by atoms with Gasteiger partial charge in [-0.05, 0) is 44.1 Å². The van der Waals surface area contributed by atoms with Gasteiger partial charge >= 0.3 is 0 Å². The Kier molecular flexibility index (Phi) is 5.64. The van der Waals surface area contributed by atoms with Gasteiger partial charge in [0, 0.05) is 25.7 Å². The monoisotopic (exact) mass is 267 g/mol. The Morgan fingerprint density at radius 3 is 2.74 bits per heavy atom. The summed E-state index contributed by atoms with van der Waals surface area (Å²) in [5.41, 5.74) is 0. The molecule has 0 aromatic carbocycles. The summed E-state index contributed by atoms with van der Waals surface area (Å²) in [5, 5.41) is 6.59. The second kappa shape index (κ2) is 7.25. The van der Waals surface area contributed by atoms with Crippen LogP contribution in [0.15, 0.2) is 0 Å². The summed E-state index contributed by atoms with van der Waals surface area (Å²) in [6.07, 6.45) is 5.11. The number of hydrogen-bond acceptors (Lipinski definition) is 3. The van der Waals surface area contributed by atoms with Gasteiger partial charge < -0.3 is 10.6 Å². The van der Waals surface area contributed by atoms with Gasteiger partial charge in [-0.3, -0.25) is 9.69 Å². The normalized spacial score (nSPS) is 23.3. The van der Waals surface area contributed by atoms with Gasteiger partial charge in [0.2, 0.25) is 5.91 Å². The van der Waals surface area contributed by atoms with Crippen molar-refractivity contribution in [1.82, 2.24) is 15.5 Å². The molecule has 1 atom stereocenters. The van der Waals surface area contributed by atoms with Crippen molar-refractivity contribution in [2.75, 3.05) is 32.7 Å². The van der Waals surface area contributed by atoms with E-state index in [-0.39, 0.29) is 5.91 Å². The lowest BCUT2D eigenvalue weighted by atomic mass is 10.1. The summed E-state index contributed by atoms with van der Waals surface area (Å²) in [6.45, 7) is 9.03. The Morgan fingerprint density at radius 1 is 1.37 bits per heavy atom. The van der Waals surface area contributed by atoms with E-state index >= 15 is 0 Å². The van der Waals surface area contributed by atoms with Crippen LogP contribution in [0.5, 0.6) is 0 Å². The first kappa shape index (κ1) is 14.8. The Balaban J connectivity index is 1.72. The van der Waals surface area contributed by atoms with Gasteiger partial charge in [0.1, 0.15) is 0 Å². The molecule has 0 spiro atoms. The molecule has 19 heavy (non-hydrogen) atoms. The minimum atomic E-state index is 0.200. The summed E-state index contributed by atoms with van der Waals surface area (Å²) in [5.74, 6) is 1.57. The molecule has 0 aromatic rings. The van der Waals surface area contributed by atoms with Crippen LogP contribution in [0.25, 0.3) is 0 Å². The van der Waals surface area contributed by atoms with Gasteiger partial charge in [-0.2, -0.15) is 0 Å². The maximum Gasteiger partial charge on any atom is 0.234 e. The number of hydrogen-bond donors (Lipinski definition) is 2. The van der Waals surface area contributed by atoms with Crippen molar-refractivity contribution in [3.63, 3.8) is 0 Å². The summed E-state index contributed by atoms with van der Waals surface area (Å²) in [6, 6.07) is 0.579. The van der Waals surface area contributed by atoms with Crippen LogP contribution >= 0.6 is 0 Å². The highest BCUT2D eigenvalue weighted by Crippen LogP contribution is 2.27. The highest BCUT2D eigenvalue weighted by molar-refractivity contribution is 5.78. The minimum Gasteiger partial charge on any atom is -0.355 e. The molecular weight excluding hydrogens is 238 g/mol. The van der Waals surface area contributed by atoms with Crippen LogP contribution in [0.3, 0.4) is 0 Å². The summed E-state index contributed by atoms with van der Waals surface area (Å²) in [4.78, 5) is 14.3. The third kappa shape index (κ3) is 5.91. The maximum absolute atomic E-state index is 12.0. The van der Waals surface area contributed by atoms with Crippen LogP contribution in [-0.4, -0.2) is 49.6 Å². The van der Waals surface area contributed by atoms with Crippen molar-refractivity contribution in [1.29, 1.82) is 0 Å². The first-order chi connectivity index (χ1) is 9.13. The second-order valence-corrected chi connectivity index (χ2v) is 6.63. The molecule has 4 heteroatoms. The molecule has 110 valence electrons. The highest BCUT2D eigenvalue weighted by atomic mass is 16.2. The van der Waals surface area contributed by atoms with E-state index in [2.05, 4.69) is 29.4 Å². The molecule has 2 N–H and O–H groups in total. The molecule has 0 radical (unpaired) electrons. The smallest absolute Gasteiger partial charge is 0.234 e. The van der Waals surface area contributed by atoms with E-state index in [1.165, 1.54) is 25.7 Å². The number of nitrogens with zero attached hydrogens (tertiary/aromatic N) is 1. The van der Waals surface area contributed by atoms with Crippen LogP contribution in [0, 0.1) is 11.8 Å². The van der Waals surface area contributed by atoms with Gasteiger partial charge in [0.25, 0.3) is 0 Å². The van der Waals surface area contributed by atoms with Crippen LogP contribution in [0.1, 0.15) is 39.5 Å². The van der Waals surface area contributed by atoms with Gasteiger partial charge in [-0.15, -0.1) is 0 Å². The van der Waals surface area contributed by atoms with Crippen LogP contribution < -0.4 is 10.6 Å². The van der Waals surface area contributed by atoms with Crippen LogP contribution in [0.4, 0.5) is 0 Å². The predicted octanol–water partition coefficient (Wildman–Crippen LogP) is 1.22. The second-order valence-electron chi connectivity index (χ2n) is 6.63. The third-order valence-corrected chi connectivity index (χ3v) is 3.92. The summed E-state index contributed by atoms with van der Waals surface area (Å²) < 4.78 is 0. The number of amides is 1. The molecule has 1 aliphatic heterocycles.